The van der Waals surface area contributed by atoms with Gasteiger partial charge in [-0.3, -0.25) is 9.69 Å². The van der Waals surface area contributed by atoms with Crippen LogP contribution in [0.1, 0.15) is 26.7 Å². The average Bonchev–Trinajstić information content (AvgIpc) is 2.49. The molecule has 0 aliphatic carbocycles. The SMILES string of the molecule is CC1CN(CC2CCC(=O)N2)CC(C)N1. The fourth-order valence-electron chi connectivity index (χ4n) is 2.72. The Kier molecular flexibility index (Phi) is 3.26. The lowest BCUT2D eigenvalue weighted by atomic mass is 10.1. The van der Waals surface area contributed by atoms with Crippen LogP contribution in [0.25, 0.3) is 0 Å². The highest BCUT2D eigenvalue weighted by Gasteiger charge is 2.26. The van der Waals surface area contributed by atoms with Crippen LogP contribution in [-0.4, -0.2) is 48.6 Å². The molecule has 3 unspecified atom stereocenters. The van der Waals surface area contributed by atoms with Crippen LogP contribution >= 0.6 is 0 Å². The molecule has 4 heteroatoms. The highest BCUT2D eigenvalue weighted by atomic mass is 16.1. The molecule has 86 valence electrons. The minimum Gasteiger partial charge on any atom is -0.352 e. The zero-order chi connectivity index (χ0) is 10.8. The fourth-order valence-corrected chi connectivity index (χ4v) is 2.72. The summed E-state index contributed by atoms with van der Waals surface area (Å²) in [6.07, 6.45) is 1.72. The Labute approximate surface area is 91.4 Å². The molecule has 2 aliphatic rings. The standard InChI is InChI=1S/C11H21N3O/c1-8-5-14(6-9(2)12-8)7-10-3-4-11(15)13-10/h8-10,12H,3-7H2,1-2H3,(H,13,15). The molecule has 0 aromatic carbocycles. The van der Waals surface area contributed by atoms with Gasteiger partial charge in [0.1, 0.15) is 0 Å². The van der Waals surface area contributed by atoms with Crippen molar-refractivity contribution in [2.45, 2.75) is 44.8 Å². The van der Waals surface area contributed by atoms with Gasteiger partial charge in [-0.05, 0) is 20.3 Å². The van der Waals surface area contributed by atoms with Crippen molar-refractivity contribution in [2.75, 3.05) is 19.6 Å². The van der Waals surface area contributed by atoms with E-state index in [2.05, 4.69) is 29.4 Å². The van der Waals surface area contributed by atoms with Crippen LogP contribution in [0.4, 0.5) is 0 Å². The minimum atomic E-state index is 0.219. The van der Waals surface area contributed by atoms with E-state index in [1.165, 1.54) is 0 Å². The predicted molar refractivity (Wildman–Crippen MR) is 59.7 cm³/mol. The van der Waals surface area contributed by atoms with E-state index in [4.69, 9.17) is 0 Å². The molecule has 0 radical (unpaired) electrons. The molecule has 2 N–H and O–H groups in total. The molecule has 2 saturated heterocycles. The number of nitrogens with one attached hydrogen (secondary N) is 2. The van der Waals surface area contributed by atoms with Gasteiger partial charge in [0.25, 0.3) is 0 Å². The molecule has 0 saturated carbocycles. The normalized spacial score (nSPS) is 38.0. The van der Waals surface area contributed by atoms with E-state index in [1.807, 2.05) is 0 Å². The van der Waals surface area contributed by atoms with Gasteiger partial charge in [0.05, 0.1) is 0 Å². The Hall–Kier alpha value is -0.610. The van der Waals surface area contributed by atoms with E-state index < -0.39 is 0 Å². The number of hydrogen-bond acceptors (Lipinski definition) is 3. The van der Waals surface area contributed by atoms with Gasteiger partial charge in [-0.1, -0.05) is 0 Å². The monoisotopic (exact) mass is 211 g/mol. The van der Waals surface area contributed by atoms with Gasteiger partial charge in [-0.2, -0.15) is 0 Å². The van der Waals surface area contributed by atoms with Crippen LogP contribution in [-0.2, 0) is 4.79 Å². The van der Waals surface area contributed by atoms with Gasteiger partial charge in [0.15, 0.2) is 0 Å². The second kappa shape index (κ2) is 4.49. The molecule has 2 aliphatic heterocycles. The maximum Gasteiger partial charge on any atom is 0.220 e. The fraction of sp³-hybridized carbons (Fsp3) is 0.909. The molecule has 0 aromatic heterocycles. The van der Waals surface area contributed by atoms with E-state index in [9.17, 15) is 4.79 Å². The zero-order valence-corrected chi connectivity index (χ0v) is 9.62. The summed E-state index contributed by atoms with van der Waals surface area (Å²) in [5, 5.41) is 6.54. The summed E-state index contributed by atoms with van der Waals surface area (Å²) >= 11 is 0. The quantitative estimate of drug-likeness (QED) is 0.673. The van der Waals surface area contributed by atoms with E-state index in [0.29, 0.717) is 24.5 Å². The average molecular weight is 211 g/mol. The first kappa shape index (κ1) is 10.9. The van der Waals surface area contributed by atoms with Crippen molar-refractivity contribution in [3.8, 4) is 0 Å². The highest BCUT2D eigenvalue weighted by Crippen LogP contribution is 2.11. The van der Waals surface area contributed by atoms with Crippen LogP contribution in [0, 0.1) is 0 Å². The molecule has 0 aromatic rings. The number of piperazine rings is 1. The topological polar surface area (TPSA) is 44.4 Å². The minimum absolute atomic E-state index is 0.219. The van der Waals surface area contributed by atoms with Gasteiger partial charge >= 0.3 is 0 Å². The van der Waals surface area contributed by atoms with Crippen LogP contribution < -0.4 is 10.6 Å². The van der Waals surface area contributed by atoms with Crippen LogP contribution in [0.2, 0.25) is 0 Å². The van der Waals surface area contributed by atoms with E-state index >= 15 is 0 Å². The third kappa shape index (κ3) is 2.92. The lowest BCUT2D eigenvalue weighted by Gasteiger charge is -2.37. The Morgan fingerprint density at radius 2 is 2.00 bits per heavy atom. The molecule has 0 spiro atoms. The third-order valence-electron chi connectivity index (χ3n) is 3.20. The lowest BCUT2D eigenvalue weighted by Crippen LogP contribution is -2.56. The molecule has 4 nitrogen and oxygen atoms in total. The molecular weight excluding hydrogens is 190 g/mol. The summed E-state index contributed by atoms with van der Waals surface area (Å²) in [5.41, 5.74) is 0. The lowest BCUT2D eigenvalue weighted by molar-refractivity contribution is -0.119. The highest BCUT2D eigenvalue weighted by molar-refractivity contribution is 5.78. The van der Waals surface area contributed by atoms with Crippen molar-refractivity contribution < 1.29 is 4.79 Å². The Morgan fingerprint density at radius 1 is 1.33 bits per heavy atom. The molecule has 2 heterocycles. The number of hydrogen-bond donors (Lipinski definition) is 2. The van der Waals surface area contributed by atoms with Crippen molar-refractivity contribution in [2.24, 2.45) is 0 Å². The number of rotatable bonds is 2. The van der Waals surface area contributed by atoms with Crippen molar-refractivity contribution in [1.82, 2.24) is 15.5 Å². The first-order chi connectivity index (χ1) is 7.13. The number of carbonyl (C=O) groups excluding carboxylic acids is 1. The van der Waals surface area contributed by atoms with Crippen LogP contribution in [0.15, 0.2) is 0 Å². The molecule has 1 amide bonds. The summed E-state index contributed by atoms with van der Waals surface area (Å²) < 4.78 is 0. The maximum absolute atomic E-state index is 11.1. The third-order valence-corrected chi connectivity index (χ3v) is 3.20. The van der Waals surface area contributed by atoms with Gasteiger partial charge in [0, 0.05) is 44.2 Å². The second-order valence-electron chi connectivity index (χ2n) is 4.99. The van der Waals surface area contributed by atoms with Crippen molar-refractivity contribution in [3.05, 3.63) is 0 Å². The predicted octanol–water partition coefficient (Wildman–Crippen LogP) is -0.0528. The summed E-state index contributed by atoms with van der Waals surface area (Å²) in [6.45, 7) is 7.64. The Balaban J connectivity index is 1.81. The van der Waals surface area contributed by atoms with Crippen LogP contribution in [0.5, 0.6) is 0 Å². The first-order valence-electron chi connectivity index (χ1n) is 5.91. The zero-order valence-electron chi connectivity index (χ0n) is 9.62. The Morgan fingerprint density at radius 3 is 2.53 bits per heavy atom. The summed E-state index contributed by atoms with van der Waals surface area (Å²) in [7, 11) is 0. The first-order valence-corrected chi connectivity index (χ1v) is 5.91. The van der Waals surface area contributed by atoms with E-state index in [1.54, 1.807) is 0 Å². The molecule has 2 rings (SSSR count). The molecule has 2 fully saturated rings. The number of amides is 1. The smallest absolute Gasteiger partial charge is 0.220 e. The van der Waals surface area contributed by atoms with Crippen LogP contribution in [0.3, 0.4) is 0 Å². The van der Waals surface area contributed by atoms with Gasteiger partial charge < -0.3 is 10.6 Å². The van der Waals surface area contributed by atoms with E-state index in [0.717, 1.165) is 26.1 Å². The summed E-state index contributed by atoms with van der Waals surface area (Å²) in [6, 6.07) is 1.51. The number of nitrogens with zero attached hydrogens (tertiary/aromatic N) is 1. The van der Waals surface area contributed by atoms with Crippen molar-refractivity contribution >= 4 is 5.91 Å². The van der Waals surface area contributed by atoms with Gasteiger partial charge in [-0.25, -0.2) is 0 Å². The maximum atomic E-state index is 11.1. The summed E-state index contributed by atoms with van der Waals surface area (Å²) in [4.78, 5) is 13.5. The summed E-state index contributed by atoms with van der Waals surface area (Å²) in [5.74, 6) is 0.219. The molecule has 15 heavy (non-hydrogen) atoms. The van der Waals surface area contributed by atoms with E-state index in [-0.39, 0.29) is 5.91 Å². The molecule has 0 bridgehead atoms. The Bertz CT molecular complexity index is 234. The van der Waals surface area contributed by atoms with Gasteiger partial charge in [0.2, 0.25) is 5.91 Å². The number of carbonyl (C=O) groups is 1. The van der Waals surface area contributed by atoms with Crippen molar-refractivity contribution in [3.63, 3.8) is 0 Å². The second-order valence-corrected chi connectivity index (χ2v) is 4.99. The van der Waals surface area contributed by atoms with Gasteiger partial charge in [-0.15, -0.1) is 0 Å². The molecular formula is C11H21N3O. The molecule has 3 atom stereocenters. The largest absolute Gasteiger partial charge is 0.352 e. The van der Waals surface area contributed by atoms with Crippen molar-refractivity contribution in [1.29, 1.82) is 0 Å².